The van der Waals surface area contributed by atoms with Gasteiger partial charge < -0.3 is 9.80 Å². The Labute approximate surface area is 177 Å². The largest absolute Gasteiger partial charge is 0.312 e. The molecule has 0 aliphatic carbocycles. The Kier molecular flexibility index (Phi) is 5.66. The fraction of sp³-hybridized carbons (Fsp3) is 0.231. The van der Waals surface area contributed by atoms with Gasteiger partial charge in [-0.1, -0.05) is 54.6 Å². The Morgan fingerprint density at radius 3 is 2.17 bits per heavy atom. The molecule has 1 fully saturated rings. The fourth-order valence-corrected chi connectivity index (χ4v) is 4.12. The number of carbonyl (C=O) groups excluding carboxylic acids is 2. The normalized spacial score (nSPS) is 16.0. The minimum absolute atomic E-state index is 0.00562. The average Bonchev–Trinajstić information content (AvgIpc) is 3.14. The number of benzene rings is 3. The monoisotopic (exact) mass is 398 g/mol. The van der Waals surface area contributed by atoms with E-state index in [4.69, 9.17) is 0 Å². The molecule has 1 heterocycles. The van der Waals surface area contributed by atoms with Gasteiger partial charge in [0.1, 0.15) is 0 Å². The molecule has 1 saturated heterocycles. The third kappa shape index (κ3) is 4.28. The number of nitrogens with zero attached hydrogens (tertiary/aromatic N) is 2. The van der Waals surface area contributed by atoms with E-state index in [0.717, 1.165) is 28.1 Å². The fourth-order valence-electron chi connectivity index (χ4n) is 4.12. The Bertz CT molecular complexity index is 1030. The summed E-state index contributed by atoms with van der Waals surface area (Å²) >= 11 is 0. The average molecular weight is 399 g/mol. The van der Waals surface area contributed by atoms with Crippen LogP contribution in [0.15, 0.2) is 78.9 Å². The van der Waals surface area contributed by atoms with Crippen molar-refractivity contribution in [1.29, 1.82) is 0 Å². The Morgan fingerprint density at radius 1 is 0.933 bits per heavy atom. The molecule has 0 N–H and O–H groups in total. The predicted octanol–water partition coefficient (Wildman–Crippen LogP) is 4.89. The molecule has 4 rings (SSSR count). The molecule has 3 aromatic carbocycles. The molecule has 1 atom stereocenters. The number of aryl methyl sites for hydroxylation is 2. The van der Waals surface area contributed by atoms with Crippen LogP contribution in [-0.2, 0) is 16.1 Å². The lowest BCUT2D eigenvalue weighted by molar-refractivity contribution is -0.124. The zero-order valence-corrected chi connectivity index (χ0v) is 17.4. The third-order valence-corrected chi connectivity index (χ3v) is 5.51. The van der Waals surface area contributed by atoms with E-state index in [1.165, 1.54) is 0 Å². The summed E-state index contributed by atoms with van der Waals surface area (Å²) in [7, 11) is 0. The van der Waals surface area contributed by atoms with E-state index >= 15 is 0 Å². The first kappa shape index (κ1) is 19.9. The van der Waals surface area contributed by atoms with Crippen molar-refractivity contribution in [1.82, 2.24) is 0 Å². The minimum Gasteiger partial charge on any atom is -0.312 e. The highest BCUT2D eigenvalue weighted by Crippen LogP contribution is 2.30. The standard InChI is InChI=1S/C26H26N2O2/c1-19-13-20(2)15-24(14-19)27-18-22(16-25(27)29)26(30)28(23-11-7-4-8-12-23)17-21-9-5-3-6-10-21/h3-15,22H,16-18H2,1-2H3. The van der Waals surface area contributed by atoms with Gasteiger partial charge in [0.25, 0.3) is 0 Å². The molecule has 0 saturated carbocycles. The molecule has 0 spiro atoms. The summed E-state index contributed by atoms with van der Waals surface area (Å²) in [5.74, 6) is -0.362. The second-order valence-electron chi connectivity index (χ2n) is 8.00. The molecule has 2 amide bonds. The van der Waals surface area contributed by atoms with Crippen molar-refractivity contribution >= 4 is 23.2 Å². The molecule has 4 heteroatoms. The molecule has 1 unspecified atom stereocenters. The van der Waals surface area contributed by atoms with Crippen molar-refractivity contribution in [3.05, 3.63) is 95.6 Å². The van der Waals surface area contributed by atoms with Crippen molar-refractivity contribution in [2.45, 2.75) is 26.8 Å². The Balaban J connectivity index is 1.59. The highest BCUT2D eigenvalue weighted by molar-refractivity contribution is 6.04. The maximum atomic E-state index is 13.6. The number of anilines is 2. The van der Waals surface area contributed by atoms with Gasteiger partial charge in [0.05, 0.1) is 12.5 Å². The molecular formula is C26H26N2O2. The molecule has 30 heavy (non-hydrogen) atoms. The molecule has 1 aliphatic rings. The summed E-state index contributed by atoms with van der Waals surface area (Å²) in [6.07, 6.45) is 0.240. The van der Waals surface area contributed by atoms with Gasteiger partial charge >= 0.3 is 0 Å². The summed E-state index contributed by atoms with van der Waals surface area (Å²) in [6.45, 7) is 4.95. The van der Waals surface area contributed by atoms with Crippen LogP contribution in [0.1, 0.15) is 23.1 Å². The Hall–Kier alpha value is -3.40. The summed E-state index contributed by atoms with van der Waals surface area (Å²) in [5.41, 5.74) is 5.01. The van der Waals surface area contributed by atoms with Gasteiger partial charge in [0, 0.05) is 24.3 Å². The lowest BCUT2D eigenvalue weighted by atomic mass is 10.1. The van der Waals surface area contributed by atoms with E-state index in [1.54, 1.807) is 9.80 Å². The number of hydrogen-bond acceptors (Lipinski definition) is 2. The van der Waals surface area contributed by atoms with Gasteiger partial charge in [-0.15, -0.1) is 0 Å². The third-order valence-electron chi connectivity index (χ3n) is 5.51. The highest BCUT2D eigenvalue weighted by atomic mass is 16.2. The van der Waals surface area contributed by atoms with E-state index < -0.39 is 0 Å². The number of hydrogen-bond donors (Lipinski definition) is 0. The van der Waals surface area contributed by atoms with Crippen LogP contribution in [0, 0.1) is 19.8 Å². The predicted molar refractivity (Wildman–Crippen MR) is 120 cm³/mol. The topological polar surface area (TPSA) is 40.6 Å². The van der Waals surface area contributed by atoms with Gasteiger partial charge in [0.15, 0.2) is 0 Å². The lowest BCUT2D eigenvalue weighted by Crippen LogP contribution is -2.37. The SMILES string of the molecule is Cc1cc(C)cc(N2CC(C(=O)N(Cc3ccccc3)c3ccccc3)CC2=O)c1. The highest BCUT2D eigenvalue weighted by Gasteiger charge is 2.37. The van der Waals surface area contributed by atoms with Crippen LogP contribution >= 0.6 is 0 Å². The van der Waals surface area contributed by atoms with Crippen LogP contribution in [0.2, 0.25) is 0 Å². The smallest absolute Gasteiger partial charge is 0.232 e. The van der Waals surface area contributed by atoms with E-state index in [-0.39, 0.29) is 24.2 Å². The summed E-state index contributed by atoms with van der Waals surface area (Å²) in [6, 6.07) is 25.8. The van der Waals surface area contributed by atoms with Crippen molar-refractivity contribution in [2.24, 2.45) is 5.92 Å². The molecular weight excluding hydrogens is 372 g/mol. The van der Waals surface area contributed by atoms with Gasteiger partial charge in [-0.05, 0) is 54.8 Å². The minimum atomic E-state index is -0.359. The second kappa shape index (κ2) is 8.54. The summed E-state index contributed by atoms with van der Waals surface area (Å²) in [5, 5.41) is 0. The van der Waals surface area contributed by atoms with Crippen LogP contribution in [0.3, 0.4) is 0 Å². The quantitative estimate of drug-likeness (QED) is 0.614. The molecule has 3 aromatic rings. The summed E-state index contributed by atoms with van der Waals surface area (Å²) in [4.78, 5) is 29.9. The number of carbonyl (C=O) groups is 2. The number of rotatable bonds is 5. The molecule has 4 nitrogen and oxygen atoms in total. The molecule has 152 valence electrons. The van der Waals surface area contributed by atoms with Gasteiger partial charge in [-0.25, -0.2) is 0 Å². The Morgan fingerprint density at radius 2 is 1.53 bits per heavy atom. The lowest BCUT2D eigenvalue weighted by Gasteiger charge is -2.26. The number of para-hydroxylation sites is 1. The van der Waals surface area contributed by atoms with Gasteiger partial charge in [0.2, 0.25) is 11.8 Å². The van der Waals surface area contributed by atoms with Crippen LogP contribution in [-0.4, -0.2) is 18.4 Å². The van der Waals surface area contributed by atoms with E-state index in [2.05, 4.69) is 6.07 Å². The van der Waals surface area contributed by atoms with Gasteiger partial charge in [-0.3, -0.25) is 9.59 Å². The van der Waals surface area contributed by atoms with Gasteiger partial charge in [-0.2, -0.15) is 0 Å². The zero-order valence-electron chi connectivity index (χ0n) is 17.4. The first-order chi connectivity index (χ1) is 14.5. The molecule has 1 aliphatic heterocycles. The second-order valence-corrected chi connectivity index (χ2v) is 8.00. The van der Waals surface area contributed by atoms with Crippen LogP contribution in [0.5, 0.6) is 0 Å². The van der Waals surface area contributed by atoms with Crippen molar-refractivity contribution in [2.75, 3.05) is 16.3 Å². The maximum absolute atomic E-state index is 13.6. The molecule has 0 bridgehead atoms. The molecule has 0 radical (unpaired) electrons. The molecule has 0 aromatic heterocycles. The van der Waals surface area contributed by atoms with Crippen molar-refractivity contribution < 1.29 is 9.59 Å². The van der Waals surface area contributed by atoms with E-state index in [9.17, 15) is 9.59 Å². The summed E-state index contributed by atoms with van der Waals surface area (Å²) < 4.78 is 0. The van der Waals surface area contributed by atoms with E-state index in [0.29, 0.717) is 13.1 Å². The van der Waals surface area contributed by atoms with Crippen LogP contribution in [0.25, 0.3) is 0 Å². The van der Waals surface area contributed by atoms with E-state index in [1.807, 2.05) is 86.6 Å². The van der Waals surface area contributed by atoms with Crippen molar-refractivity contribution in [3.63, 3.8) is 0 Å². The maximum Gasteiger partial charge on any atom is 0.232 e. The first-order valence-electron chi connectivity index (χ1n) is 10.3. The zero-order chi connectivity index (χ0) is 21.1. The van der Waals surface area contributed by atoms with Crippen molar-refractivity contribution in [3.8, 4) is 0 Å². The first-order valence-corrected chi connectivity index (χ1v) is 10.3. The van der Waals surface area contributed by atoms with Crippen LogP contribution < -0.4 is 9.80 Å². The number of amides is 2. The van der Waals surface area contributed by atoms with Crippen LogP contribution in [0.4, 0.5) is 11.4 Å².